The van der Waals surface area contributed by atoms with Crippen LogP contribution in [0.15, 0.2) is 0 Å². The average molecular weight is 217 g/mol. The second kappa shape index (κ2) is 9.85. The van der Waals surface area contributed by atoms with Crippen LogP contribution in [0.1, 0.15) is 47.0 Å². The van der Waals surface area contributed by atoms with Crippen LogP contribution in [0.5, 0.6) is 0 Å². The fourth-order valence-corrected chi connectivity index (χ4v) is 2.10. The molecule has 0 aliphatic rings. The molecule has 2 heteroatoms. The highest BCUT2D eigenvalue weighted by atomic mass is 32.2. The van der Waals surface area contributed by atoms with E-state index in [4.69, 9.17) is 0 Å². The Balaban J connectivity index is 3.15. The number of thioether (sulfide) groups is 1. The lowest BCUT2D eigenvalue weighted by atomic mass is 10.0. The first-order valence-corrected chi connectivity index (χ1v) is 7.13. The van der Waals surface area contributed by atoms with Gasteiger partial charge >= 0.3 is 0 Å². The summed E-state index contributed by atoms with van der Waals surface area (Å²) >= 11 is 2.06. The predicted octanol–water partition coefficient (Wildman–Crippen LogP) is 3.54. The molecule has 1 atom stereocenters. The molecule has 1 unspecified atom stereocenters. The molecule has 0 aliphatic heterocycles. The minimum atomic E-state index is 0.637. The maximum atomic E-state index is 3.47. The summed E-state index contributed by atoms with van der Waals surface area (Å²) in [5, 5.41) is 3.47. The molecule has 0 spiro atoms. The molecule has 0 aromatic heterocycles. The van der Waals surface area contributed by atoms with Gasteiger partial charge in [-0.3, -0.25) is 0 Å². The van der Waals surface area contributed by atoms with E-state index in [1.807, 2.05) is 0 Å². The highest BCUT2D eigenvalue weighted by Gasteiger charge is 2.01. The van der Waals surface area contributed by atoms with Gasteiger partial charge in [-0.1, -0.05) is 27.7 Å². The quantitative estimate of drug-likeness (QED) is 0.593. The zero-order valence-corrected chi connectivity index (χ0v) is 11.1. The van der Waals surface area contributed by atoms with Crippen molar-refractivity contribution in [3.05, 3.63) is 0 Å². The van der Waals surface area contributed by atoms with Crippen molar-refractivity contribution < 1.29 is 0 Å². The Morgan fingerprint density at radius 1 is 1.14 bits per heavy atom. The molecule has 0 bridgehead atoms. The van der Waals surface area contributed by atoms with Crippen molar-refractivity contribution in [2.24, 2.45) is 5.92 Å². The van der Waals surface area contributed by atoms with E-state index in [1.165, 1.54) is 37.3 Å². The molecule has 0 radical (unpaired) electrons. The number of nitrogens with one attached hydrogen (secondary N) is 1. The maximum absolute atomic E-state index is 3.47. The molecule has 14 heavy (non-hydrogen) atoms. The van der Waals surface area contributed by atoms with Gasteiger partial charge in [-0.15, -0.1) is 0 Å². The zero-order chi connectivity index (χ0) is 10.8. The summed E-state index contributed by atoms with van der Waals surface area (Å²) in [6.07, 6.45) is 4.11. The fourth-order valence-electron chi connectivity index (χ4n) is 1.44. The molecule has 0 saturated heterocycles. The number of rotatable bonds is 9. The van der Waals surface area contributed by atoms with Crippen molar-refractivity contribution in [1.29, 1.82) is 0 Å². The van der Waals surface area contributed by atoms with E-state index in [-0.39, 0.29) is 0 Å². The van der Waals surface area contributed by atoms with Crippen LogP contribution >= 0.6 is 11.8 Å². The first-order chi connectivity index (χ1) is 6.66. The molecule has 0 fully saturated rings. The molecule has 0 aliphatic carbocycles. The molecule has 1 N–H and O–H groups in total. The van der Waals surface area contributed by atoms with E-state index in [9.17, 15) is 0 Å². The van der Waals surface area contributed by atoms with Gasteiger partial charge in [0.05, 0.1) is 0 Å². The lowest BCUT2D eigenvalue weighted by Gasteiger charge is -2.13. The summed E-state index contributed by atoms with van der Waals surface area (Å²) < 4.78 is 0. The van der Waals surface area contributed by atoms with Gasteiger partial charge in [0.2, 0.25) is 0 Å². The van der Waals surface area contributed by atoms with E-state index in [2.05, 4.69) is 44.8 Å². The molecule has 0 aromatic rings. The fraction of sp³-hybridized carbons (Fsp3) is 1.00. The molecule has 1 nitrogen and oxygen atoms in total. The standard InChI is InChI=1S/C12H27NS/c1-5-14-10-6-7-12(4)8-9-13-11(2)3/h11-13H,5-10H2,1-4H3. The van der Waals surface area contributed by atoms with Gasteiger partial charge in [0.25, 0.3) is 0 Å². The second-order valence-electron chi connectivity index (χ2n) is 4.34. The van der Waals surface area contributed by atoms with Crippen molar-refractivity contribution >= 4 is 11.8 Å². The normalized spacial score (nSPS) is 13.5. The van der Waals surface area contributed by atoms with Crippen LogP contribution in [0, 0.1) is 5.92 Å². The smallest absolute Gasteiger partial charge is 0.00103 e. The van der Waals surface area contributed by atoms with Crippen LogP contribution in [0.2, 0.25) is 0 Å². The van der Waals surface area contributed by atoms with Gasteiger partial charge in [-0.2, -0.15) is 11.8 Å². The summed E-state index contributed by atoms with van der Waals surface area (Å²) in [6.45, 7) is 10.2. The predicted molar refractivity (Wildman–Crippen MR) is 69.2 cm³/mol. The molecule has 0 amide bonds. The largest absolute Gasteiger partial charge is 0.315 e. The molecular weight excluding hydrogens is 190 g/mol. The van der Waals surface area contributed by atoms with Crippen molar-refractivity contribution in [2.45, 2.75) is 53.0 Å². The van der Waals surface area contributed by atoms with E-state index in [0.717, 1.165) is 5.92 Å². The van der Waals surface area contributed by atoms with Crippen LogP contribution < -0.4 is 5.32 Å². The molecule has 0 rings (SSSR count). The third-order valence-corrected chi connectivity index (χ3v) is 3.37. The lowest BCUT2D eigenvalue weighted by Crippen LogP contribution is -2.24. The van der Waals surface area contributed by atoms with Gasteiger partial charge in [-0.25, -0.2) is 0 Å². The summed E-state index contributed by atoms with van der Waals surface area (Å²) in [6, 6.07) is 0.637. The number of hydrogen-bond donors (Lipinski definition) is 1. The Hall–Kier alpha value is 0.310. The molecular formula is C12H27NS. The van der Waals surface area contributed by atoms with Crippen LogP contribution in [-0.4, -0.2) is 24.1 Å². The molecule has 0 heterocycles. The van der Waals surface area contributed by atoms with Crippen molar-refractivity contribution in [3.63, 3.8) is 0 Å². The van der Waals surface area contributed by atoms with Crippen molar-refractivity contribution in [2.75, 3.05) is 18.1 Å². The Labute approximate surface area is 94.4 Å². The SMILES string of the molecule is CCSCCCC(C)CCNC(C)C. The highest BCUT2D eigenvalue weighted by Crippen LogP contribution is 2.12. The van der Waals surface area contributed by atoms with Gasteiger partial charge in [-0.05, 0) is 43.2 Å². The number of hydrogen-bond acceptors (Lipinski definition) is 2. The van der Waals surface area contributed by atoms with Crippen molar-refractivity contribution in [3.8, 4) is 0 Å². The Bertz CT molecular complexity index is 115. The van der Waals surface area contributed by atoms with Gasteiger partial charge in [0.1, 0.15) is 0 Å². The van der Waals surface area contributed by atoms with Gasteiger partial charge in [0, 0.05) is 6.04 Å². The summed E-state index contributed by atoms with van der Waals surface area (Å²) in [4.78, 5) is 0. The van der Waals surface area contributed by atoms with Crippen LogP contribution in [0.4, 0.5) is 0 Å². The Morgan fingerprint density at radius 3 is 2.43 bits per heavy atom. The van der Waals surface area contributed by atoms with E-state index >= 15 is 0 Å². The minimum Gasteiger partial charge on any atom is -0.315 e. The van der Waals surface area contributed by atoms with E-state index in [1.54, 1.807) is 0 Å². The first kappa shape index (κ1) is 14.3. The Morgan fingerprint density at radius 2 is 1.86 bits per heavy atom. The van der Waals surface area contributed by atoms with Crippen LogP contribution in [0.25, 0.3) is 0 Å². The monoisotopic (exact) mass is 217 g/mol. The van der Waals surface area contributed by atoms with Crippen molar-refractivity contribution in [1.82, 2.24) is 5.32 Å². The summed E-state index contributed by atoms with van der Waals surface area (Å²) in [7, 11) is 0. The molecule has 0 aromatic carbocycles. The van der Waals surface area contributed by atoms with Gasteiger partial charge < -0.3 is 5.32 Å². The van der Waals surface area contributed by atoms with E-state index in [0.29, 0.717) is 6.04 Å². The highest BCUT2D eigenvalue weighted by molar-refractivity contribution is 7.99. The lowest BCUT2D eigenvalue weighted by molar-refractivity contribution is 0.451. The zero-order valence-electron chi connectivity index (χ0n) is 10.3. The average Bonchev–Trinajstić information content (AvgIpc) is 2.12. The first-order valence-electron chi connectivity index (χ1n) is 5.98. The van der Waals surface area contributed by atoms with Crippen LogP contribution in [-0.2, 0) is 0 Å². The van der Waals surface area contributed by atoms with Gasteiger partial charge in [0.15, 0.2) is 0 Å². The second-order valence-corrected chi connectivity index (χ2v) is 5.74. The maximum Gasteiger partial charge on any atom is 0.00103 e. The minimum absolute atomic E-state index is 0.637. The Kier molecular flexibility index (Phi) is 10.1. The van der Waals surface area contributed by atoms with E-state index < -0.39 is 0 Å². The summed E-state index contributed by atoms with van der Waals surface area (Å²) in [5.41, 5.74) is 0. The molecule has 86 valence electrons. The topological polar surface area (TPSA) is 12.0 Å². The third-order valence-electron chi connectivity index (χ3n) is 2.38. The third kappa shape index (κ3) is 10.4. The van der Waals surface area contributed by atoms with Crippen LogP contribution in [0.3, 0.4) is 0 Å². The summed E-state index contributed by atoms with van der Waals surface area (Å²) in [5.74, 6) is 3.50. The molecule has 0 saturated carbocycles.